The largest absolute Gasteiger partial charge is 0.490 e. The molecule has 0 radical (unpaired) electrons. The van der Waals surface area contributed by atoms with E-state index in [0.29, 0.717) is 17.1 Å². The van der Waals surface area contributed by atoms with E-state index in [2.05, 4.69) is 0 Å². The second-order valence-electron chi connectivity index (χ2n) is 3.55. The maximum Gasteiger partial charge on any atom is 0.135 e. The van der Waals surface area contributed by atoms with E-state index in [4.69, 9.17) is 9.47 Å². The summed E-state index contributed by atoms with van der Waals surface area (Å²) in [4.78, 5) is 0. The molecule has 14 heavy (non-hydrogen) atoms. The highest BCUT2D eigenvalue weighted by Gasteiger charge is 2.33. The Bertz CT molecular complexity index is 388. The molecule has 2 unspecified atom stereocenters. The number of benzene rings is 1. The predicted molar refractivity (Wildman–Crippen MR) is 47.4 cm³/mol. The lowest BCUT2D eigenvalue weighted by atomic mass is 10.0. The van der Waals surface area contributed by atoms with Gasteiger partial charge < -0.3 is 19.7 Å². The highest BCUT2D eigenvalue weighted by Crippen LogP contribution is 2.46. The minimum absolute atomic E-state index is 0.262. The number of ether oxygens (including phenoxy) is 2. The summed E-state index contributed by atoms with van der Waals surface area (Å²) in [7, 11) is 0. The molecule has 0 aromatic heterocycles. The minimum atomic E-state index is -0.634. The van der Waals surface area contributed by atoms with Crippen LogP contribution in [0, 0.1) is 0 Å². The van der Waals surface area contributed by atoms with Crippen molar-refractivity contribution in [3.05, 3.63) is 23.3 Å². The molecule has 2 heterocycles. The lowest BCUT2D eigenvalue weighted by Gasteiger charge is -2.06. The van der Waals surface area contributed by atoms with Crippen LogP contribution in [-0.2, 0) is 0 Å². The predicted octanol–water partition coefficient (Wildman–Crippen LogP) is 0.538. The number of rotatable bonds is 0. The highest BCUT2D eigenvalue weighted by molar-refractivity contribution is 5.55. The van der Waals surface area contributed by atoms with E-state index in [1.54, 1.807) is 12.1 Å². The molecule has 1 aromatic carbocycles. The Morgan fingerprint density at radius 2 is 1.86 bits per heavy atom. The van der Waals surface area contributed by atoms with Crippen molar-refractivity contribution < 1.29 is 19.7 Å². The number of aliphatic hydroxyl groups is 2. The summed E-state index contributed by atoms with van der Waals surface area (Å²) in [6.07, 6.45) is -1.21. The first-order valence-electron chi connectivity index (χ1n) is 4.56. The van der Waals surface area contributed by atoms with Gasteiger partial charge in [0.2, 0.25) is 0 Å². The molecular weight excluding hydrogens is 184 g/mol. The van der Waals surface area contributed by atoms with Crippen molar-refractivity contribution in [2.75, 3.05) is 13.2 Å². The van der Waals surface area contributed by atoms with Gasteiger partial charge in [-0.1, -0.05) is 0 Å². The maximum absolute atomic E-state index is 9.65. The Morgan fingerprint density at radius 3 is 2.71 bits per heavy atom. The molecule has 1 aromatic rings. The van der Waals surface area contributed by atoms with Gasteiger partial charge in [0.25, 0.3) is 0 Å². The Balaban J connectivity index is 2.21. The zero-order chi connectivity index (χ0) is 9.71. The summed E-state index contributed by atoms with van der Waals surface area (Å²) in [6, 6.07) is 3.55. The van der Waals surface area contributed by atoms with E-state index in [1.807, 2.05) is 0 Å². The number of fused-ring (bicyclic) bond motifs is 3. The Hall–Kier alpha value is -1.26. The number of hydrogen-bond acceptors (Lipinski definition) is 4. The molecule has 4 nitrogen and oxygen atoms in total. The van der Waals surface area contributed by atoms with E-state index in [-0.39, 0.29) is 13.2 Å². The van der Waals surface area contributed by atoms with E-state index in [1.165, 1.54) is 0 Å². The van der Waals surface area contributed by atoms with Gasteiger partial charge in [-0.2, -0.15) is 0 Å². The SMILES string of the molecule is OC1COc2c1ccc1c2C(O)CO1. The van der Waals surface area contributed by atoms with Crippen LogP contribution in [0.5, 0.6) is 11.5 Å². The van der Waals surface area contributed by atoms with E-state index < -0.39 is 12.2 Å². The molecule has 2 aliphatic rings. The molecule has 0 fully saturated rings. The fourth-order valence-corrected chi connectivity index (χ4v) is 1.97. The Labute approximate surface area is 80.7 Å². The van der Waals surface area contributed by atoms with Gasteiger partial charge >= 0.3 is 0 Å². The van der Waals surface area contributed by atoms with Gasteiger partial charge in [-0.3, -0.25) is 0 Å². The van der Waals surface area contributed by atoms with Crippen LogP contribution in [0.2, 0.25) is 0 Å². The number of hydrogen-bond donors (Lipinski definition) is 2. The van der Waals surface area contributed by atoms with Crippen LogP contribution < -0.4 is 9.47 Å². The first kappa shape index (κ1) is 8.08. The summed E-state index contributed by atoms with van der Waals surface area (Å²) in [5.74, 6) is 1.25. The Kier molecular flexibility index (Phi) is 1.51. The molecule has 0 amide bonds. The van der Waals surface area contributed by atoms with Gasteiger partial charge in [-0.05, 0) is 12.1 Å². The quantitative estimate of drug-likeness (QED) is 0.632. The molecule has 0 spiro atoms. The van der Waals surface area contributed by atoms with Gasteiger partial charge in [0.05, 0.1) is 5.56 Å². The van der Waals surface area contributed by atoms with Crippen molar-refractivity contribution in [1.29, 1.82) is 0 Å². The standard InChI is InChI=1S/C10H10O4/c11-6-3-14-10-5(6)1-2-8-9(10)7(12)4-13-8/h1-2,6-7,11-12H,3-4H2. The van der Waals surface area contributed by atoms with Crippen molar-refractivity contribution in [2.24, 2.45) is 0 Å². The average Bonchev–Trinajstić information content (AvgIpc) is 2.72. The van der Waals surface area contributed by atoms with Gasteiger partial charge in [0, 0.05) is 5.56 Å². The summed E-state index contributed by atoms with van der Waals surface area (Å²) < 4.78 is 10.6. The molecule has 2 aliphatic heterocycles. The summed E-state index contributed by atoms with van der Waals surface area (Å²) in [5.41, 5.74) is 1.42. The van der Waals surface area contributed by atoms with Crippen LogP contribution in [0.15, 0.2) is 12.1 Å². The first-order valence-corrected chi connectivity index (χ1v) is 4.56. The molecule has 3 rings (SSSR count). The van der Waals surface area contributed by atoms with E-state index in [0.717, 1.165) is 5.56 Å². The van der Waals surface area contributed by atoms with Crippen molar-refractivity contribution in [2.45, 2.75) is 12.2 Å². The third-order valence-electron chi connectivity index (χ3n) is 2.66. The summed E-state index contributed by atoms with van der Waals surface area (Å²) in [5, 5.41) is 19.2. The van der Waals surface area contributed by atoms with Gasteiger partial charge in [0.15, 0.2) is 0 Å². The fourth-order valence-electron chi connectivity index (χ4n) is 1.97. The number of aliphatic hydroxyl groups excluding tert-OH is 2. The summed E-state index contributed by atoms with van der Waals surface area (Å²) in [6.45, 7) is 0.531. The molecule has 2 N–H and O–H groups in total. The molecule has 0 aliphatic carbocycles. The molecule has 4 heteroatoms. The van der Waals surface area contributed by atoms with Crippen LogP contribution >= 0.6 is 0 Å². The monoisotopic (exact) mass is 194 g/mol. The molecular formula is C10H10O4. The highest BCUT2D eigenvalue weighted by atomic mass is 16.5. The third-order valence-corrected chi connectivity index (χ3v) is 2.66. The molecule has 0 saturated carbocycles. The van der Waals surface area contributed by atoms with Crippen LogP contribution in [0.3, 0.4) is 0 Å². The molecule has 2 atom stereocenters. The maximum atomic E-state index is 9.65. The first-order chi connectivity index (χ1) is 6.77. The minimum Gasteiger partial charge on any atom is -0.490 e. The van der Waals surface area contributed by atoms with Gasteiger partial charge in [0.1, 0.15) is 36.9 Å². The van der Waals surface area contributed by atoms with Crippen molar-refractivity contribution in [1.82, 2.24) is 0 Å². The fraction of sp³-hybridized carbons (Fsp3) is 0.400. The van der Waals surface area contributed by atoms with Crippen LogP contribution in [0.1, 0.15) is 23.3 Å². The average molecular weight is 194 g/mol. The van der Waals surface area contributed by atoms with Crippen LogP contribution in [-0.4, -0.2) is 23.4 Å². The topological polar surface area (TPSA) is 58.9 Å². The van der Waals surface area contributed by atoms with Crippen LogP contribution in [0.25, 0.3) is 0 Å². The van der Waals surface area contributed by atoms with E-state index >= 15 is 0 Å². The van der Waals surface area contributed by atoms with E-state index in [9.17, 15) is 10.2 Å². The van der Waals surface area contributed by atoms with Gasteiger partial charge in [-0.25, -0.2) is 0 Å². The smallest absolute Gasteiger partial charge is 0.135 e. The Morgan fingerprint density at radius 1 is 1.07 bits per heavy atom. The molecule has 74 valence electrons. The zero-order valence-electron chi connectivity index (χ0n) is 7.43. The normalized spacial score (nSPS) is 27.9. The third kappa shape index (κ3) is 0.895. The van der Waals surface area contributed by atoms with Gasteiger partial charge in [-0.15, -0.1) is 0 Å². The lowest BCUT2D eigenvalue weighted by molar-refractivity contribution is 0.131. The zero-order valence-corrected chi connectivity index (χ0v) is 7.43. The second kappa shape index (κ2) is 2.62. The van der Waals surface area contributed by atoms with Crippen molar-refractivity contribution in [3.8, 4) is 11.5 Å². The van der Waals surface area contributed by atoms with Crippen molar-refractivity contribution >= 4 is 0 Å². The lowest BCUT2D eigenvalue weighted by Crippen LogP contribution is -1.99. The van der Waals surface area contributed by atoms with Crippen molar-refractivity contribution in [3.63, 3.8) is 0 Å². The summed E-state index contributed by atoms with van der Waals surface area (Å²) >= 11 is 0. The second-order valence-corrected chi connectivity index (χ2v) is 3.55. The molecule has 0 saturated heterocycles. The molecule has 0 bridgehead atoms. The van der Waals surface area contributed by atoms with Crippen LogP contribution in [0.4, 0.5) is 0 Å².